The van der Waals surface area contributed by atoms with E-state index in [1.54, 1.807) is 0 Å². The van der Waals surface area contributed by atoms with Gasteiger partial charge in [-0.15, -0.1) is 0 Å². The summed E-state index contributed by atoms with van der Waals surface area (Å²) in [5.74, 6) is -0.0505. The molecule has 1 heterocycles. The molecule has 1 fully saturated rings. The molecule has 136 valence electrons. The molecule has 0 bridgehead atoms. The fourth-order valence-electron chi connectivity index (χ4n) is 2.68. The third-order valence-electron chi connectivity index (χ3n) is 4.14. The van der Waals surface area contributed by atoms with Crippen molar-refractivity contribution in [2.75, 3.05) is 24.3 Å². The molecule has 1 saturated heterocycles. The van der Waals surface area contributed by atoms with Crippen molar-refractivity contribution < 1.29 is 4.79 Å². The van der Waals surface area contributed by atoms with Crippen LogP contribution in [0.2, 0.25) is 0 Å². The smallest absolute Gasteiger partial charge is 0.260 e. The number of carbonyl (C=O) groups is 1. The topological polar surface area (TPSA) is 44.4 Å². The van der Waals surface area contributed by atoms with Crippen LogP contribution in [0, 0.1) is 0 Å². The van der Waals surface area contributed by atoms with Gasteiger partial charge in [-0.2, -0.15) is 0 Å². The van der Waals surface area contributed by atoms with Gasteiger partial charge in [-0.1, -0.05) is 36.9 Å². The first-order valence-electron chi connectivity index (χ1n) is 8.48. The molecule has 3 rings (SSSR count). The first-order chi connectivity index (χ1) is 12.5. The van der Waals surface area contributed by atoms with Crippen LogP contribution in [0.15, 0.2) is 51.8 Å². The van der Waals surface area contributed by atoms with E-state index in [1.807, 2.05) is 55.4 Å². The zero-order valence-corrected chi connectivity index (χ0v) is 17.4. The molecule has 2 N–H and O–H groups in total. The van der Waals surface area contributed by atoms with Crippen molar-refractivity contribution >= 4 is 51.0 Å². The highest BCUT2D eigenvalue weighted by Crippen LogP contribution is 2.32. The van der Waals surface area contributed by atoms with Crippen LogP contribution in [0.25, 0.3) is 6.08 Å². The third kappa shape index (κ3) is 4.43. The van der Waals surface area contributed by atoms with Crippen LogP contribution in [0.1, 0.15) is 18.1 Å². The third-order valence-corrected chi connectivity index (χ3v) is 5.81. The Bertz CT molecular complexity index is 833. The van der Waals surface area contributed by atoms with Crippen LogP contribution in [-0.4, -0.2) is 25.5 Å². The zero-order chi connectivity index (χ0) is 18.7. The fourth-order valence-corrected chi connectivity index (χ4v) is 4.42. The molecular weight excluding hydrogens is 410 g/mol. The van der Waals surface area contributed by atoms with Gasteiger partial charge in [-0.25, -0.2) is 0 Å². The lowest BCUT2D eigenvalue weighted by Crippen LogP contribution is -2.30. The molecule has 0 spiro atoms. The van der Waals surface area contributed by atoms with Crippen LogP contribution >= 0.6 is 27.7 Å². The molecule has 1 aliphatic heterocycles. The quantitative estimate of drug-likeness (QED) is 0.674. The second-order valence-corrected chi connectivity index (χ2v) is 8.28. The van der Waals surface area contributed by atoms with Crippen LogP contribution in [0.4, 0.5) is 11.4 Å². The van der Waals surface area contributed by atoms with Gasteiger partial charge in [0.2, 0.25) is 0 Å². The normalized spacial score (nSPS) is 18.1. The highest BCUT2D eigenvalue weighted by Gasteiger charge is 2.27. The second kappa shape index (κ2) is 8.18. The lowest BCUT2D eigenvalue weighted by Gasteiger charge is -2.14. The number of hydrogen-bond acceptors (Lipinski definition) is 4. The zero-order valence-electron chi connectivity index (χ0n) is 15.0. The molecule has 2 aromatic rings. The Hall–Kier alpha value is -1.92. The Morgan fingerprint density at radius 1 is 1.23 bits per heavy atom. The Balaban J connectivity index is 1.70. The Labute approximate surface area is 167 Å². The molecule has 0 aliphatic carbocycles. The minimum absolute atomic E-state index is 0.0505. The summed E-state index contributed by atoms with van der Waals surface area (Å²) < 4.78 is 1.01. The highest BCUT2D eigenvalue weighted by molar-refractivity contribution is 9.10. The van der Waals surface area contributed by atoms with E-state index in [0.29, 0.717) is 4.91 Å². The van der Waals surface area contributed by atoms with Crippen LogP contribution in [-0.2, 0) is 11.2 Å². The number of carbonyl (C=O) groups excluding carboxylic acids is 1. The molecule has 6 heteroatoms. The van der Waals surface area contributed by atoms with Crippen LogP contribution < -0.4 is 15.5 Å². The van der Waals surface area contributed by atoms with Gasteiger partial charge in [0.15, 0.2) is 5.50 Å². The molecular formula is C20H22BrN3OS. The number of halogens is 1. The molecule has 4 nitrogen and oxygen atoms in total. The van der Waals surface area contributed by atoms with Crippen molar-refractivity contribution in [2.45, 2.75) is 18.8 Å². The standard InChI is InChI=1S/C20H22BrN3OS/c1-4-13-5-8-15(9-6-13)22-20-23-19(25)18(26-20)12-14-7-10-17(24(2)3)16(21)11-14/h5-12,20,22H,4H2,1-3H3,(H,23,25)/b18-12-/t20-/m1/s1. The maximum Gasteiger partial charge on any atom is 0.260 e. The predicted molar refractivity (Wildman–Crippen MR) is 115 cm³/mol. The molecule has 0 saturated carbocycles. The molecule has 0 radical (unpaired) electrons. The largest absolute Gasteiger partial charge is 0.377 e. The number of rotatable bonds is 5. The molecule has 26 heavy (non-hydrogen) atoms. The summed E-state index contributed by atoms with van der Waals surface area (Å²) in [6, 6.07) is 14.4. The number of benzene rings is 2. The van der Waals surface area contributed by atoms with Crippen molar-refractivity contribution in [2.24, 2.45) is 0 Å². The van der Waals surface area contributed by atoms with E-state index < -0.39 is 0 Å². The van der Waals surface area contributed by atoms with Gasteiger partial charge >= 0.3 is 0 Å². The average molecular weight is 432 g/mol. The summed E-state index contributed by atoms with van der Waals surface area (Å²) in [5, 5.41) is 6.32. The lowest BCUT2D eigenvalue weighted by atomic mass is 10.1. The van der Waals surface area contributed by atoms with E-state index in [1.165, 1.54) is 17.3 Å². The van der Waals surface area contributed by atoms with Crippen molar-refractivity contribution in [3.8, 4) is 0 Å². The van der Waals surface area contributed by atoms with Gasteiger partial charge in [-0.3, -0.25) is 4.79 Å². The number of amides is 1. The summed E-state index contributed by atoms with van der Waals surface area (Å²) in [6.45, 7) is 2.13. The second-order valence-electron chi connectivity index (χ2n) is 6.28. The van der Waals surface area contributed by atoms with Crippen molar-refractivity contribution in [3.63, 3.8) is 0 Å². The lowest BCUT2D eigenvalue weighted by molar-refractivity contribution is -0.116. The first kappa shape index (κ1) is 18.9. The van der Waals surface area contributed by atoms with Gasteiger partial charge in [0, 0.05) is 24.3 Å². The molecule has 2 aromatic carbocycles. The monoisotopic (exact) mass is 431 g/mol. The summed E-state index contributed by atoms with van der Waals surface area (Å²) in [6.07, 6.45) is 2.94. The van der Waals surface area contributed by atoms with Gasteiger partial charge in [0.1, 0.15) is 0 Å². The number of hydrogen-bond donors (Lipinski definition) is 2. The van der Waals surface area contributed by atoms with E-state index >= 15 is 0 Å². The molecule has 0 aromatic heterocycles. The minimum atomic E-state index is -0.161. The number of nitrogens with zero attached hydrogens (tertiary/aromatic N) is 1. The van der Waals surface area contributed by atoms with E-state index in [4.69, 9.17) is 0 Å². The molecule has 0 unspecified atom stereocenters. The number of thioether (sulfide) groups is 1. The Morgan fingerprint density at radius 3 is 2.58 bits per heavy atom. The first-order valence-corrected chi connectivity index (χ1v) is 10.1. The van der Waals surface area contributed by atoms with Crippen LogP contribution in [0.3, 0.4) is 0 Å². The number of aryl methyl sites for hydroxylation is 1. The van der Waals surface area contributed by atoms with E-state index in [-0.39, 0.29) is 11.4 Å². The van der Waals surface area contributed by atoms with E-state index in [2.05, 4.69) is 45.6 Å². The molecule has 1 aliphatic rings. The van der Waals surface area contributed by atoms with Gasteiger partial charge in [0.25, 0.3) is 5.91 Å². The predicted octanol–water partition coefficient (Wildman–Crippen LogP) is 4.68. The highest BCUT2D eigenvalue weighted by atomic mass is 79.9. The number of anilines is 2. The SMILES string of the molecule is CCc1ccc(N[C@@H]2NC(=O)/C(=C/c3ccc(N(C)C)c(Br)c3)S2)cc1. The van der Waals surface area contributed by atoms with E-state index in [9.17, 15) is 4.79 Å². The minimum Gasteiger partial charge on any atom is -0.377 e. The Kier molecular flexibility index (Phi) is 5.94. The van der Waals surface area contributed by atoms with Crippen molar-refractivity contribution in [3.05, 3.63) is 63.0 Å². The van der Waals surface area contributed by atoms with E-state index in [0.717, 1.165) is 27.8 Å². The summed E-state index contributed by atoms with van der Waals surface area (Å²) in [7, 11) is 4.00. The van der Waals surface area contributed by atoms with Crippen molar-refractivity contribution in [1.29, 1.82) is 0 Å². The number of nitrogens with one attached hydrogen (secondary N) is 2. The maximum absolute atomic E-state index is 12.3. The van der Waals surface area contributed by atoms with Gasteiger partial charge in [-0.05, 0) is 63.8 Å². The summed E-state index contributed by atoms with van der Waals surface area (Å²) >= 11 is 5.09. The Morgan fingerprint density at radius 2 is 1.96 bits per heavy atom. The fraction of sp³-hybridized carbons (Fsp3) is 0.250. The summed E-state index contributed by atoms with van der Waals surface area (Å²) in [4.78, 5) is 15.0. The maximum atomic E-state index is 12.3. The average Bonchev–Trinajstić information content (AvgIpc) is 2.94. The molecule has 1 atom stereocenters. The van der Waals surface area contributed by atoms with Crippen LogP contribution in [0.5, 0.6) is 0 Å². The van der Waals surface area contributed by atoms with Gasteiger partial charge < -0.3 is 15.5 Å². The van der Waals surface area contributed by atoms with Crippen molar-refractivity contribution in [1.82, 2.24) is 5.32 Å². The molecule has 1 amide bonds. The summed E-state index contributed by atoms with van der Waals surface area (Å²) in [5.41, 5.74) is 4.23. The van der Waals surface area contributed by atoms with Gasteiger partial charge in [0.05, 0.1) is 10.6 Å².